The van der Waals surface area contributed by atoms with Crippen molar-refractivity contribution in [2.45, 2.75) is 0 Å². The molecule has 0 saturated heterocycles. The summed E-state index contributed by atoms with van der Waals surface area (Å²) in [6.07, 6.45) is 3.14. The predicted molar refractivity (Wildman–Crippen MR) is 83.0 cm³/mol. The Morgan fingerprint density at radius 2 is 2.00 bits per heavy atom. The lowest BCUT2D eigenvalue weighted by molar-refractivity contribution is 0.942. The van der Waals surface area contributed by atoms with Crippen molar-refractivity contribution in [3.63, 3.8) is 0 Å². The van der Waals surface area contributed by atoms with Crippen LogP contribution in [0.25, 0.3) is 0 Å². The van der Waals surface area contributed by atoms with Gasteiger partial charge < -0.3 is 5.32 Å². The second-order valence-corrected chi connectivity index (χ2v) is 4.73. The van der Waals surface area contributed by atoms with E-state index in [1.165, 1.54) is 6.21 Å². The molecule has 1 aromatic rings. The minimum Gasteiger partial charge on any atom is -0.358 e. The van der Waals surface area contributed by atoms with Gasteiger partial charge in [-0.25, -0.2) is 0 Å². The molecule has 2 N–H and O–H groups in total. The number of hydrogen-bond acceptors (Lipinski definition) is 2. The predicted octanol–water partition coefficient (Wildman–Crippen LogP) is 3.63. The topological polar surface area (TPSA) is 36.4 Å². The first-order valence-corrected chi connectivity index (χ1v) is 6.41. The molecule has 18 heavy (non-hydrogen) atoms. The molecule has 0 atom stereocenters. The summed E-state index contributed by atoms with van der Waals surface area (Å²) < 4.78 is 0. The number of halogens is 3. The molecule has 0 aliphatic carbocycles. The Kier molecular flexibility index (Phi) is 6.43. The maximum atomic E-state index is 6.00. The van der Waals surface area contributed by atoms with E-state index in [1.54, 1.807) is 18.2 Å². The highest BCUT2D eigenvalue weighted by molar-refractivity contribution is 7.80. The van der Waals surface area contributed by atoms with Crippen LogP contribution in [0.1, 0.15) is 5.56 Å². The molecule has 0 spiro atoms. The molecule has 0 aliphatic heterocycles. The summed E-state index contributed by atoms with van der Waals surface area (Å²) in [5.74, 6) is 0. The molecule has 3 nitrogen and oxygen atoms in total. The summed E-state index contributed by atoms with van der Waals surface area (Å²) >= 11 is 22.8. The van der Waals surface area contributed by atoms with Gasteiger partial charge in [0.1, 0.15) is 0 Å². The fourth-order valence-electron chi connectivity index (χ4n) is 1.02. The molecule has 0 saturated carbocycles. The van der Waals surface area contributed by atoms with Gasteiger partial charge in [0.25, 0.3) is 0 Å². The number of rotatable bonds is 4. The first-order chi connectivity index (χ1) is 8.56. The molecular weight excluding hydrogens is 313 g/mol. The third kappa shape index (κ3) is 4.46. The first kappa shape index (κ1) is 15.2. The van der Waals surface area contributed by atoms with E-state index in [2.05, 4.69) is 22.4 Å². The number of benzene rings is 1. The quantitative estimate of drug-likeness (QED) is 0.292. The molecule has 0 aliphatic rings. The minimum absolute atomic E-state index is 0.347. The van der Waals surface area contributed by atoms with Gasteiger partial charge in [-0.15, -0.1) is 6.58 Å². The second-order valence-electron chi connectivity index (χ2n) is 3.13. The molecule has 0 amide bonds. The summed E-state index contributed by atoms with van der Waals surface area (Å²) in [4.78, 5) is 0. The van der Waals surface area contributed by atoms with Crippen molar-refractivity contribution in [2.75, 3.05) is 6.54 Å². The lowest BCUT2D eigenvalue weighted by Gasteiger charge is -2.05. The summed E-state index contributed by atoms with van der Waals surface area (Å²) in [7, 11) is 0. The van der Waals surface area contributed by atoms with Crippen LogP contribution in [0.15, 0.2) is 29.9 Å². The molecule has 1 aromatic carbocycles. The van der Waals surface area contributed by atoms with Crippen molar-refractivity contribution < 1.29 is 0 Å². The van der Waals surface area contributed by atoms with Gasteiger partial charge in [0, 0.05) is 12.1 Å². The van der Waals surface area contributed by atoms with Gasteiger partial charge >= 0.3 is 0 Å². The summed E-state index contributed by atoms with van der Waals surface area (Å²) in [5.41, 5.74) is 3.15. The molecule has 0 bridgehead atoms. The molecule has 0 aromatic heterocycles. The molecule has 0 unspecified atom stereocenters. The molecule has 7 heteroatoms. The van der Waals surface area contributed by atoms with Crippen LogP contribution in [0.4, 0.5) is 0 Å². The normalized spacial score (nSPS) is 10.4. The highest BCUT2D eigenvalue weighted by Gasteiger charge is 2.07. The van der Waals surface area contributed by atoms with E-state index in [0.29, 0.717) is 32.3 Å². The van der Waals surface area contributed by atoms with Crippen molar-refractivity contribution in [1.82, 2.24) is 10.7 Å². The third-order valence-corrected chi connectivity index (χ3v) is 3.23. The second kappa shape index (κ2) is 7.59. The van der Waals surface area contributed by atoms with Crippen molar-refractivity contribution in [3.8, 4) is 0 Å². The maximum absolute atomic E-state index is 6.00. The van der Waals surface area contributed by atoms with Gasteiger partial charge in [-0.2, -0.15) is 5.10 Å². The number of nitrogens with zero attached hydrogens (tertiary/aromatic N) is 1. The third-order valence-electron chi connectivity index (χ3n) is 1.85. The molecule has 0 heterocycles. The van der Waals surface area contributed by atoms with Crippen LogP contribution >= 0.6 is 47.0 Å². The maximum Gasteiger partial charge on any atom is 0.187 e. The summed E-state index contributed by atoms with van der Waals surface area (Å²) in [5, 5.41) is 8.36. The van der Waals surface area contributed by atoms with E-state index in [1.807, 2.05) is 0 Å². The number of hydrogen-bond donors (Lipinski definition) is 2. The lowest BCUT2D eigenvalue weighted by Crippen LogP contribution is -2.31. The molecule has 96 valence electrons. The Hall–Kier alpha value is -0.810. The standard InChI is InChI=1S/C11H10Cl3N3S/c1-2-5-15-11(18)17-16-6-7-8(12)3-4-9(13)10(7)14/h2-4,6H,1,5H2,(H2,15,17,18)/b16-6+. The largest absolute Gasteiger partial charge is 0.358 e. The Balaban J connectivity index is 2.70. The number of thiocarbonyl (C=S) groups is 1. The zero-order valence-electron chi connectivity index (χ0n) is 9.21. The lowest BCUT2D eigenvalue weighted by atomic mass is 10.2. The Labute approximate surface area is 126 Å². The van der Waals surface area contributed by atoms with Gasteiger partial charge in [-0.1, -0.05) is 40.9 Å². The zero-order valence-corrected chi connectivity index (χ0v) is 12.3. The highest BCUT2D eigenvalue weighted by Crippen LogP contribution is 2.29. The number of nitrogens with one attached hydrogen (secondary N) is 2. The summed E-state index contributed by atoms with van der Waals surface area (Å²) in [6.45, 7) is 4.11. The first-order valence-electron chi connectivity index (χ1n) is 4.87. The molecule has 0 fully saturated rings. The minimum atomic E-state index is 0.347. The van der Waals surface area contributed by atoms with Crippen LogP contribution in [-0.2, 0) is 0 Å². The van der Waals surface area contributed by atoms with Crippen LogP contribution in [0.3, 0.4) is 0 Å². The van der Waals surface area contributed by atoms with E-state index in [4.69, 9.17) is 47.0 Å². The van der Waals surface area contributed by atoms with E-state index >= 15 is 0 Å². The van der Waals surface area contributed by atoms with Gasteiger partial charge in [0.15, 0.2) is 5.11 Å². The van der Waals surface area contributed by atoms with E-state index in [-0.39, 0.29) is 0 Å². The number of hydrazone groups is 1. The van der Waals surface area contributed by atoms with Crippen LogP contribution in [0, 0.1) is 0 Å². The monoisotopic (exact) mass is 321 g/mol. The van der Waals surface area contributed by atoms with Gasteiger partial charge in [-0.05, 0) is 24.4 Å². The summed E-state index contributed by atoms with van der Waals surface area (Å²) in [6, 6.07) is 3.26. The van der Waals surface area contributed by atoms with Crippen molar-refractivity contribution in [1.29, 1.82) is 0 Å². The zero-order chi connectivity index (χ0) is 13.5. The van der Waals surface area contributed by atoms with Crippen molar-refractivity contribution >= 4 is 58.3 Å². The van der Waals surface area contributed by atoms with Crippen LogP contribution in [0.2, 0.25) is 15.1 Å². The molecular formula is C11H10Cl3N3S. The SMILES string of the molecule is C=CCNC(=S)N/N=C/c1c(Cl)ccc(Cl)c1Cl. The van der Waals surface area contributed by atoms with E-state index < -0.39 is 0 Å². The van der Waals surface area contributed by atoms with Crippen LogP contribution in [0.5, 0.6) is 0 Å². The van der Waals surface area contributed by atoms with Crippen molar-refractivity contribution in [2.24, 2.45) is 5.10 Å². The Bertz CT molecular complexity index is 489. The van der Waals surface area contributed by atoms with Gasteiger partial charge in [0.2, 0.25) is 0 Å². The molecule has 0 radical (unpaired) electrons. The van der Waals surface area contributed by atoms with Crippen molar-refractivity contribution in [3.05, 3.63) is 45.4 Å². The smallest absolute Gasteiger partial charge is 0.187 e. The fraction of sp³-hybridized carbons (Fsp3) is 0.0909. The molecule has 1 rings (SSSR count). The van der Waals surface area contributed by atoms with Crippen LogP contribution in [-0.4, -0.2) is 17.9 Å². The average molecular weight is 323 g/mol. The van der Waals surface area contributed by atoms with Crippen LogP contribution < -0.4 is 10.7 Å². The van der Waals surface area contributed by atoms with Gasteiger partial charge in [0.05, 0.1) is 21.3 Å². The van der Waals surface area contributed by atoms with E-state index in [0.717, 1.165) is 0 Å². The fourth-order valence-corrected chi connectivity index (χ4v) is 1.79. The van der Waals surface area contributed by atoms with E-state index in [9.17, 15) is 0 Å². The Morgan fingerprint density at radius 1 is 1.33 bits per heavy atom. The Morgan fingerprint density at radius 3 is 2.67 bits per heavy atom. The average Bonchev–Trinajstić information content (AvgIpc) is 2.35. The van der Waals surface area contributed by atoms with Gasteiger partial charge in [-0.3, -0.25) is 5.43 Å². The highest BCUT2D eigenvalue weighted by atomic mass is 35.5.